The number of alkyl halides is 1. The number of aliphatic hydroxyl groups is 2. The van der Waals surface area contributed by atoms with Gasteiger partial charge in [-0.15, -0.1) is 0 Å². The second-order valence-electron chi connectivity index (χ2n) is 11.9. The molecule has 3 aromatic heterocycles. The first-order valence-corrected chi connectivity index (χ1v) is 15.4. The summed E-state index contributed by atoms with van der Waals surface area (Å²) in [5.41, 5.74) is 1.31. The van der Waals surface area contributed by atoms with Crippen LogP contribution < -0.4 is 9.64 Å². The van der Waals surface area contributed by atoms with Crippen molar-refractivity contribution in [2.45, 2.75) is 49.9 Å². The van der Waals surface area contributed by atoms with E-state index >= 15 is 4.39 Å². The number of benzene rings is 1. The quantitative estimate of drug-likeness (QED) is 0.266. The number of anilines is 1. The van der Waals surface area contributed by atoms with Crippen LogP contribution in [0.4, 0.5) is 14.6 Å². The summed E-state index contributed by atoms with van der Waals surface area (Å²) < 4.78 is 43.0. The highest BCUT2D eigenvalue weighted by Crippen LogP contribution is 2.42. The maximum Gasteiger partial charge on any atom is 0.319 e. The van der Waals surface area contributed by atoms with Gasteiger partial charge in [0.05, 0.1) is 42.0 Å². The highest BCUT2D eigenvalue weighted by Gasteiger charge is 2.49. The minimum Gasteiger partial charge on any atom is -0.461 e. The number of ether oxygens (including phenoxy) is 2. The molecule has 0 unspecified atom stereocenters. The van der Waals surface area contributed by atoms with Crippen LogP contribution in [0.15, 0.2) is 18.5 Å². The lowest BCUT2D eigenvalue weighted by molar-refractivity contribution is 0.0597. The first-order valence-electron chi connectivity index (χ1n) is 15.0. The molecule has 14 heteroatoms. The van der Waals surface area contributed by atoms with Crippen LogP contribution >= 0.6 is 11.6 Å². The van der Waals surface area contributed by atoms with E-state index in [4.69, 9.17) is 26.1 Å². The van der Waals surface area contributed by atoms with Crippen LogP contribution in [-0.4, -0.2) is 111 Å². The first kappa shape index (κ1) is 29.5. The summed E-state index contributed by atoms with van der Waals surface area (Å²) in [5, 5.41) is 28.4. The molecule has 0 amide bonds. The summed E-state index contributed by atoms with van der Waals surface area (Å²) in [6.07, 6.45) is 4.38. The third-order valence-corrected chi connectivity index (χ3v) is 9.38. The Bertz CT molecular complexity index is 1690. The van der Waals surface area contributed by atoms with Crippen molar-refractivity contribution in [1.82, 2.24) is 30.0 Å². The van der Waals surface area contributed by atoms with E-state index in [1.165, 1.54) is 6.20 Å². The fourth-order valence-electron chi connectivity index (χ4n) is 7.01. The number of nitrogens with zero attached hydrogens (tertiary/aromatic N) is 6. The lowest BCUT2D eigenvalue weighted by atomic mass is 9.95. The van der Waals surface area contributed by atoms with Gasteiger partial charge in [-0.05, 0) is 43.9 Å². The predicted molar refractivity (Wildman–Crippen MR) is 160 cm³/mol. The van der Waals surface area contributed by atoms with Gasteiger partial charge in [0.1, 0.15) is 29.8 Å². The molecule has 11 nitrogen and oxygen atoms in total. The fraction of sp³-hybridized carbons (Fsp3) is 0.533. The second-order valence-corrected chi connectivity index (χ2v) is 12.3. The number of aliphatic hydroxyl groups excluding tert-OH is 2. The van der Waals surface area contributed by atoms with Gasteiger partial charge in [0, 0.05) is 54.8 Å². The van der Waals surface area contributed by atoms with Gasteiger partial charge in [0.25, 0.3) is 0 Å². The highest BCUT2D eigenvalue weighted by atomic mass is 35.5. The molecular formula is C30H34ClF2N7O4. The molecule has 0 radical (unpaired) electrons. The molecule has 3 aliphatic heterocycles. The van der Waals surface area contributed by atoms with Gasteiger partial charge in [-0.25, -0.2) is 8.78 Å². The number of H-pyrrole nitrogens is 1. The molecule has 3 N–H and O–H groups in total. The number of halogens is 3. The van der Waals surface area contributed by atoms with Gasteiger partial charge < -0.3 is 24.6 Å². The zero-order chi connectivity index (χ0) is 30.4. The molecule has 0 spiro atoms. The molecule has 4 aromatic rings. The number of nitrogens with one attached hydrogen (secondary N) is 1. The SMILES string of the molecule is OCCCc1c(Cl)cc2[nH]ncc2c1-c1ncc2c(N3CCOC[C@@H](O)C3)nc(OC[C@@]34CCCN3C[C@H](F)C4)nc2c1F. The predicted octanol–water partition coefficient (Wildman–Crippen LogP) is 3.44. The largest absolute Gasteiger partial charge is 0.461 e. The third-order valence-electron chi connectivity index (χ3n) is 9.04. The van der Waals surface area contributed by atoms with Gasteiger partial charge in [0.15, 0.2) is 5.82 Å². The molecule has 1 aromatic carbocycles. The number of aromatic nitrogens is 5. The van der Waals surface area contributed by atoms with Gasteiger partial charge in [-0.1, -0.05) is 11.6 Å². The summed E-state index contributed by atoms with van der Waals surface area (Å²) in [6.45, 7) is 2.45. The molecule has 44 heavy (non-hydrogen) atoms. The Morgan fingerprint density at radius 1 is 1.20 bits per heavy atom. The average molecular weight is 630 g/mol. The number of rotatable bonds is 8. The number of β-amino-alcohol motifs (C(OH)–C–C–N with tert-alkyl or cyclic N) is 1. The van der Waals surface area contributed by atoms with Crippen molar-refractivity contribution < 1.29 is 28.5 Å². The number of pyridine rings is 1. The fourth-order valence-corrected chi connectivity index (χ4v) is 7.30. The van der Waals surface area contributed by atoms with E-state index in [9.17, 15) is 14.6 Å². The minimum absolute atomic E-state index is 0.00467. The van der Waals surface area contributed by atoms with E-state index in [1.54, 1.807) is 12.3 Å². The van der Waals surface area contributed by atoms with Crippen molar-refractivity contribution in [3.8, 4) is 17.3 Å². The zero-order valence-corrected chi connectivity index (χ0v) is 24.9. The number of hydrogen-bond donors (Lipinski definition) is 3. The Hall–Kier alpha value is -3.23. The van der Waals surface area contributed by atoms with Crippen LogP contribution in [-0.2, 0) is 11.2 Å². The van der Waals surface area contributed by atoms with Crippen molar-refractivity contribution in [2.24, 2.45) is 0 Å². The zero-order valence-electron chi connectivity index (χ0n) is 24.1. The molecule has 3 atom stereocenters. The van der Waals surface area contributed by atoms with Crippen molar-refractivity contribution in [3.63, 3.8) is 0 Å². The Kier molecular flexibility index (Phi) is 8.00. The van der Waals surface area contributed by atoms with Gasteiger partial charge in [0.2, 0.25) is 0 Å². The molecule has 6 heterocycles. The van der Waals surface area contributed by atoms with Crippen molar-refractivity contribution in [1.29, 1.82) is 0 Å². The third kappa shape index (κ3) is 5.24. The van der Waals surface area contributed by atoms with E-state index in [-0.39, 0.29) is 43.6 Å². The van der Waals surface area contributed by atoms with Gasteiger partial charge >= 0.3 is 6.01 Å². The smallest absolute Gasteiger partial charge is 0.319 e. The minimum atomic E-state index is -0.922. The lowest BCUT2D eigenvalue weighted by Gasteiger charge is -2.31. The molecule has 3 aliphatic rings. The number of aromatic amines is 1. The van der Waals surface area contributed by atoms with Crippen LogP contribution in [0.25, 0.3) is 33.1 Å². The number of fused-ring (bicyclic) bond motifs is 3. The van der Waals surface area contributed by atoms with Crippen LogP contribution in [0.5, 0.6) is 6.01 Å². The van der Waals surface area contributed by atoms with Crippen LogP contribution in [0, 0.1) is 5.82 Å². The second kappa shape index (κ2) is 11.9. The van der Waals surface area contributed by atoms with Crippen molar-refractivity contribution >= 4 is 39.2 Å². The Balaban J connectivity index is 1.36. The van der Waals surface area contributed by atoms with Gasteiger partial charge in [-0.3, -0.25) is 15.0 Å². The Morgan fingerprint density at radius 3 is 2.95 bits per heavy atom. The normalized spacial score (nSPS) is 24.3. The van der Waals surface area contributed by atoms with Crippen LogP contribution in [0.3, 0.4) is 0 Å². The van der Waals surface area contributed by atoms with E-state index in [1.807, 2.05) is 4.90 Å². The maximum atomic E-state index is 16.8. The average Bonchev–Trinajstić information content (AvgIpc) is 3.65. The maximum absolute atomic E-state index is 16.8. The van der Waals surface area contributed by atoms with Crippen LogP contribution in [0.2, 0.25) is 5.02 Å². The molecule has 234 valence electrons. The Morgan fingerprint density at radius 2 is 2.09 bits per heavy atom. The van der Waals surface area contributed by atoms with Crippen LogP contribution in [0.1, 0.15) is 31.2 Å². The summed E-state index contributed by atoms with van der Waals surface area (Å²) in [7, 11) is 0. The topological polar surface area (TPSA) is 133 Å². The summed E-state index contributed by atoms with van der Waals surface area (Å²) in [5.74, 6) is -0.328. The van der Waals surface area contributed by atoms with E-state index in [0.29, 0.717) is 77.2 Å². The summed E-state index contributed by atoms with van der Waals surface area (Å²) >= 11 is 6.66. The molecule has 0 saturated carbocycles. The van der Waals surface area contributed by atoms with E-state index in [0.717, 1.165) is 19.4 Å². The standard InChI is InChI=1S/C30H34ClF2N7O4/c31-22-9-23-20(12-35-38-23)24(19(22)3-1-7-41)27-25(33)26-21(11-34-27)28(39-6-8-43-15-18(42)14-39)37-29(36-26)44-16-30-4-2-5-40(30)13-17(32)10-30/h9,11-12,17-18,41-42H,1-8,10,13-16H2,(H,35,38)/t17-,18+,30+/m1/s1. The highest BCUT2D eigenvalue weighted by molar-refractivity contribution is 6.33. The van der Waals surface area contributed by atoms with E-state index < -0.39 is 23.6 Å². The van der Waals surface area contributed by atoms with Crippen molar-refractivity contribution in [3.05, 3.63) is 34.9 Å². The van der Waals surface area contributed by atoms with Gasteiger partial charge in [-0.2, -0.15) is 15.1 Å². The molecule has 0 aliphatic carbocycles. The molecule has 3 fully saturated rings. The summed E-state index contributed by atoms with van der Waals surface area (Å²) in [4.78, 5) is 17.8. The molecule has 7 rings (SSSR count). The molecular weight excluding hydrogens is 596 g/mol. The van der Waals surface area contributed by atoms with Crippen molar-refractivity contribution in [2.75, 3.05) is 57.5 Å². The number of hydrogen-bond acceptors (Lipinski definition) is 10. The van der Waals surface area contributed by atoms with E-state index in [2.05, 4.69) is 25.1 Å². The molecule has 3 saturated heterocycles. The Labute approximate surface area is 257 Å². The molecule has 0 bridgehead atoms. The lowest BCUT2D eigenvalue weighted by Crippen LogP contribution is -2.43. The summed E-state index contributed by atoms with van der Waals surface area (Å²) in [6, 6.07) is 1.70. The monoisotopic (exact) mass is 629 g/mol. The first-order chi connectivity index (χ1) is 21.4.